The Morgan fingerprint density at radius 3 is 1.64 bits per heavy atom. The van der Waals surface area contributed by atoms with Crippen LogP contribution in [0, 0.1) is 12.8 Å². The van der Waals surface area contributed by atoms with Gasteiger partial charge in [0, 0.05) is 13.6 Å². The van der Waals surface area contributed by atoms with Gasteiger partial charge in [0.1, 0.15) is 23.0 Å². The molecule has 212 valence electrons. The van der Waals surface area contributed by atoms with Gasteiger partial charge in [-0.15, -0.1) is 12.8 Å². The number of hydrogen-bond acceptors (Lipinski definition) is 9. The summed E-state index contributed by atoms with van der Waals surface area (Å²) >= 11 is 0. The molecule has 0 aliphatic rings. The molecule has 0 unspecified atom stereocenters. The average Bonchev–Trinajstić information content (AvgIpc) is 3.02. The molecule has 0 radical (unpaired) electrons. The van der Waals surface area contributed by atoms with Crippen LogP contribution in [0.25, 0.3) is 10.8 Å². The first kappa shape index (κ1) is 30.4. The summed E-state index contributed by atoms with van der Waals surface area (Å²) in [5, 5.41) is 1.58. The molecule has 0 heterocycles. The Kier molecular flexibility index (Phi) is 10.8. The third-order valence-electron chi connectivity index (χ3n) is 5.36. The number of ether oxygens (including phenoxy) is 5. The number of carbonyl (C=O) groups is 4. The molecule has 42 heavy (non-hydrogen) atoms. The second-order valence-electron chi connectivity index (χ2n) is 8.05. The summed E-state index contributed by atoms with van der Waals surface area (Å²) in [5.41, 5.74) is 0.582. The van der Waals surface area contributed by atoms with Gasteiger partial charge in [-0.1, -0.05) is 25.3 Å². The van der Waals surface area contributed by atoms with Crippen LogP contribution in [-0.2, 0) is 14.3 Å². The topological polar surface area (TPSA) is 114 Å². The Morgan fingerprint density at radius 2 is 1.05 bits per heavy atom. The van der Waals surface area contributed by atoms with E-state index in [2.05, 4.69) is 26.0 Å². The molecular weight excluding hydrogens is 540 g/mol. The number of rotatable bonds is 10. The Bertz CT molecular complexity index is 1640. The van der Waals surface area contributed by atoms with Gasteiger partial charge < -0.3 is 23.7 Å². The molecule has 0 aliphatic heterocycles. The van der Waals surface area contributed by atoms with Crippen molar-refractivity contribution in [1.29, 1.82) is 0 Å². The maximum Gasteiger partial charge on any atom is 0.343 e. The van der Waals surface area contributed by atoms with Crippen molar-refractivity contribution in [2.75, 3.05) is 6.79 Å². The molecule has 0 atom stereocenters. The molecular formula is C33H26O9. The molecule has 0 aromatic heterocycles. The zero-order chi connectivity index (χ0) is 30.5. The van der Waals surface area contributed by atoms with Crippen molar-refractivity contribution in [2.45, 2.75) is 0 Å². The molecule has 9 nitrogen and oxygen atoms in total. The first-order valence-corrected chi connectivity index (χ1v) is 12.1. The highest BCUT2D eigenvalue weighted by molar-refractivity contribution is 5.97. The lowest BCUT2D eigenvalue weighted by molar-refractivity contribution is -0.144. The van der Waals surface area contributed by atoms with Crippen LogP contribution in [0.1, 0.15) is 22.1 Å². The Balaban J connectivity index is 0.00000211. The highest BCUT2D eigenvalue weighted by Crippen LogP contribution is 2.24. The summed E-state index contributed by atoms with van der Waals surface area (Å²) in [6, 6.07) is 22.1. The summed E-state index contributed by atoms with van der Waals surface area (Å²) in [7, 11) is 0. The van der Waals surface area contributed by atoms with Gasteiger partial charge in [0.15, 0.2) is 0 Å². The molecule has 0 N–H and O–H groups in total. The summed E-state index contributed by atoms with van der Waals surface area (Å²) in [4.78, 5) is 47.5. The van der Waals surface area contributed by atoms with Gasteiger partial charge in [-0.3, -0.25) is 0 Å². The van der Waals surface area contributed by atoms with Crippen molar-refractivity contribution in [3.8, 4) is 35.8 Å². The predicted molar refractivity (Wildman–Crippen MR) is 156 cm³/mol. The molecule has 0 saturated heterocycles. The third-order valence-corrected chi connectivity index (χ3v) is 5.36. The van der Waals surface area contributed by atoms with E-state index in [0.717, 1.165) is 22.9 Å². The van der Waals surface area contributed by atoms with Gasteiger partial charge >= 0.3 is 23.9 Å². The molecule has 4 rings (SSSR count). The number of terminal acetylenes is 1. The van der Waals surface area contributed by atoms with E-state index >= 15 is 0 Å². The van der Waals surface area contributed by atoms with Crippen LogP contribution in [0.5, 0.6) is 23.0 Å². The minimum atomic E-state index is -0.617. The standard InChI is InChI=1S/C31H22O9.C2H2.H2/c1-3-28(32)37-19-36-27-12-9-21-17-23(6-5-22(21)18-27)31(35)40-26-15-13-25(14-16-26)39-30(34)20-7-10-24(11-8-20)38-29(33)4-2;1-2;/h3-18H,1-2,19H2;1-2H;1H. The quantitative estimate of drug-likeness (QED) is 0.0757. The Hall–Kier alpha value is -6.14. The highest BCUT2D eigenvalue weighted by Gasteiger charge is 2.13. The second-order valence-corrected chi connectivity index (χ2v) is 8.05. The van der Waals surface area contributed by atoms with Crippen molar-refractivity contribution < 1.29 is 44.3 Å². The monoisotopic (exact) mass is 566 g/mol. The van der Waals surface area contributed by atoms with Crippen molar-refractivity contribution in [1.82, 2.24) is 0 Å². The van der Waals surface area contributed by atoms with Crippen molar-refractivity contribution >= 4 is 34.6 Å². The van der Waals surface area contributed by atoms with Crippen LogP contribution < -0.4 is 18.9 Å². The zero-order valence-electron chi connectivity index (χ0n) is 22.2. The molecule has 0 fully saturated rings. The zero-order valence-corrected chi connectivity index (χ0v) is 22.2. The fraction of sp³-hybridized carbons (Fsp3) is 0.0303. The average molecular weight is 567 g/mol. The number of carbonyl (C=O) groups excluding carboxylic acids is 4. The number of hydrogen-bond donors (Lipinski definition) is 0. The van der Waals surface area contributed by atoms with Crippen LogP contribution in [0.2, 0.25) is 0 Å². The normalized spacial score (nSPS) is 9.76. The van der Waals surface area contributed by atoms with Crippen molar-refractivity contribution in [2.24, 2.45) is 0 Å². The fourth-order valence-electron chi connectivity index (χ4n) is 3.38. The fourth-order valence-corrected chi connectivity index (χ4v) is 3.38. The highest BCUT2D eigenvalue weighted by atomic mass is 16.7. The lowest BCUT2D eigenvalue weighted by Crippen LogP contribution is -2.10. The molecule has 0 saturated carbocycles. The number of fused-ring (bicyclic) bond motifs is 1. The molecule has 0 aliphatic carbocycles. The third kappa shape index (κ3) is 8.43. The van der Waals surface area contributed by atoms with Gasteiger partial charge in [-0.25, -0.2) is 19.2 Å². The predicted octanol–water partition coefficient (Wildman–Crippen LogP) is 5.93. The van der Waals surface area contributed by atoms with Gasteiger partial charge in [-0.2, -0.15) is 0 Å². The van der Waals surface area contributed by atoms with Gasteiger partial charge in [-0.05, 0) is 83.6 Å². The van der Waals surface area contributed by atoms with E-state index in [1.54, 1.807) is 36.4 Å². The van der Waals surface area contributed by atoms with E-state index in [9.17, 15) is 19.2 Å². The maximum absolute atomic E-state index is 12.7. The van der Waals surface area contributed by atoms with Gasteiger partial charge in [0.05, 0.1) is 11.1 Å². The summed E-state index contributed by atoms with van der Waals surface area (Å²) < 4.78 is 26.0. The minimum absolute atomic E-state index is 0. The minimum Gasteiger partial charge on any atom is -0.457 e. The van der Waals surface area contributed by atoms with Crippen molar-refractivity contribution in [3.63, 3.8) is 0 Å². The van der Waals surface area contributed by atoms with Crippen LogP contribution in [0.4, 0.5) is 0 Å². The maximum atomic E-state index is 12.7. The smallest absolute Gasteiger partial charge is 0.343 e. The number of benzene rings is 4. The lowest BCUT2D eigenvalue weighted by atomic mass is 10.1. The molecule has 0 bridgehead atoms. The molecule has 0 amide bonds. The molecule has 0 spiro atoms. The molecule has 4 aromatic rings. The first-order chi connectivity index (χ1) is 20.3. The second kappa shape index (κ2) is 14.9. The first-order valence-electron chi connectivity index (χ1n) is 12.1. The Morgan fingerprint density at radius 1 is 0.595 bits per heavy atom. The van der Waals surface area contributed by atoms with E-state index in [4.69, 9.17) is 23.7 Å². The largest absolute Gasteiger partial charge is 0.457 e. The van der Waals surface area contributed by atoms with E-state index < -0.39 is 23.9 Å². The SMILES string of the molecule is C#C.C=CC(=O)OCOc1ccc2cc(C(=O)Oc3ccc(OC(=O)c4ccc(OC(=O)C=C)cc4)cc3)ccc2c1.[HH]. The van der Waals surface area contributed by atoms with Crippen molar-refractivity contribution in [3.05, 3.63) is 121 Å². The van der Waals surface area contributed by atoms with Crippen LogP contribution in [0.3, 0.4) is 0 Å². The van der Waals surface area contributed by atoms with Gasteiger partial charge in [0.25, 0.3) is 0 Å². The lowest BCUT2D eigenvalue weighted by Gasteiger charge is -2.09. The summed E-state index contributed by atoms with van der Waals surface area (Å²) in [5.74, 6) is -1.12. The van der Waals surface area contributed by atoms with Crippen LogP contribution in [-0.4, -0.2) is 30.7 Å². The number of esters is 4. The van der Waals surface area contributed by atoms with E-state index in [-0.39, 0.29) is 31.0 Å². The molecule has 4 aromatic carbocycles. The van der Waals surface area contributed by atoms with Crippen LogP contribution >= 0.6 is 0 Å². The van der Waals surface area contributed by atoms with E-state index in [0.29, 0.717) is 11.3 Å². The molecule has 9 heteroatoms. The van der Waals surface area contributed by atoms with Gasteiger partial charge in [0.2, 0.25) is 6.79 Å². The van der Waals surface area contributed by atoms with E-state index in [1.807, 2.05) is 0 Å². The summed E-state index contributed by atoms with van der Waals surface area (Å²) in [6.07, 6.45) is 10.1. The van der Waals surface area contributed by atoms with E-state index in [1.165, 1.54) is 48.5 Å². The summed E-state index contributed by atoms with van der Waals surface area (Å²) in [6.45, 7) is 6.38. The van der Waals surface area contributed by atoms with Crippen LogP contribution in [0.15, 0.2) is 110 Å². The Labute approximate surface area is 243 Å².